The van der Waals surface area contributed by atoms with Gasteiger partial charge in [0, 0.05) is 12.2 Å². The minimum absolute atomic E-state index is 0.295. The van der Waals surface area contributed by atoms with Crippen molar-refractivity contribution >= 4 is 11.6 Å². The van der Waals surface area contributed by atoms with Crippen molar-refractivity contribution in [3.05, 3.63) is 64.7 Å². The van der Waals surface area contributed by atoms with Crippen LogP contribution < -0.4 is 10.6 Å². The molecule has 0 radical (unpaired) electrons. The Balaban J connectivity index is 1.90. The van der Waals surface area contributed by atoms with Crippen LogP contribution in [0.5, 0.6) is 0 Å². The summed E-state index contributed by atoms with van der Waals surface area (Å²) in [5, 5.41) is 5.90. The summed E-state index contributed by atoms with van der Waals surface area (Å²) < 4.78 is 26.8. The summed E-state index contributed by atoms with van der Waals surface area (Å²) in [7, 11) is 0. The predicted octanol–water partition coefficient (Wildman–Crippen LogP) is 2.86. The maximum absolute atomic E-state index is 13.6. The maximum Gasteiger partial charge on any atom is 0.258 e. The number of hydrogen-bond donors (Lipinski definition) is 2. The van der Waals surface area contributed by atoms with Crippen molar-refractivity contribution in [3.8, 4) is 0 Å². The lowest BCUT2D eigenvalue weighted by Gasteiger charge is -2.20. The van der Waals surface area contributed by atoms with Gasteiger partial charge in [0.2, 0.25) is 0 Å². The fraction of sp³-hybridized carbons (Fsp3) is 0.188. The summed E-state index contributed by atoms with van der Waals surface area (Å²) in [5.74, 6) is -2.03. The lowest BCUT2D eigenvalue weighted by Crippen LogP contribution is -2.25. The third-order valence-corrected chi connectivity index (χ3v) is 3.57. The smallest absolute Gasteiger partial charge is 0.258 e. The molecule has 108 valence electrons. The number of anilines is 1. The molecule has 3 nitrogen and oxygen atoms in total. The van der Waals surface area contributed by atoms with Gasteiger partial charge in [0.1, 0.15) is 11.6 Å². The Kier molecular flexibility index (Phi) is 3.66. The highest BCUT2D eigenvalue weighted by molar-refractivity contribution is 6.04. The topological polar surface area (TPSA) is 41.1 Å². The zero-order valence-electron chi connectivity index (χ0n) is 11.2. The van der Waals surface area contributed by atoms with E-state index in [0.29, 0.717) is 12.2 Å². The molecule has 2 aromatic rings. The normalized spacial score (nSPS) is 13.6. The number of benzene rings is 2. The van der Waals surface area contributed by atoms with Crippen LogP contribution in [0.15, 0.2) is 36.4 Å². The molecule has 1 amide bonds. The number of carbonyl (C=O) groups excluding carboxylic acids is 1. The van der Waals surface area contributed by atoms with E-state index in [2.05, 4.69) is 10.6 Å². The highest BCUT2D eigenvalue weighted by atomic mass is 19.1. The Morgan fingerprint density at radius 1 is 1.19 bits per heavy atom. The quantitative estimate of drug-likeness (QED) is 0.892. The molecular formula is C16H14F2N2O. The van der Waals surface area contributed by atoms with Gasteiger partial charge in [0.25, 0.3) is 5.91 Å². The molecule has 2 N–H and O–H groups in total. The van der Waals surface area contributed by atoms with Crippen molar-refractivity contribution in [2.24, 2.45) is 0 Å². The number of hydrogen-bond acceptors (Lipinski definition) is 2. The van der Waals surface area contributed by atoms with Gasteiger partial charge >= 0.3 is 0 Å². The van der Waals surface area contributed by atoms with Gasteiger partial charge in [-0.2, -0.15) is 0 Å². The second-order valence-corrected chi connectivity index (χ2v) is 4.95. The van der Waals surface area contributed by atoms with Crippen LogP contribution in [0, 0.1) is 11.6 Å². The summed E-state index contributed by atoms with van der Waals surface area (Å²) in [6.07, 6.45) is 0.882. The third kappa shape index (κ3) is 2.78. The number of halogens is 2. The van der Waals surface area contributed by atoms with E-state index < -0.39 is 17.5 Å². The largest absolute Gasteiger partial charge is 0.322 e. The third-order valence-electron chi connectivity index (χ3n) is 3.57. The van der Waals surface area contributed by atoms with E-state index >= 15 is 0 Å². The van der Waals surface area contributed by atoms with Crippen LogP contribution in [-0.2, 0) is 13.0 Å². The summed E-state index contributed by atoms with van der Waals surface area (Å²) in [6, 6.07) is 8.46. The average Bonchev–Trinajstić information content (AvgIpc) is 2.50. The Morgan fingerprint density at radius 2 is 2.05 bits per heavy atom. The molecule has 0 bridgehead atoms. The van der Waals surface area contributed by atoms with Crippen LogP contribution in [0.1, 0.15) is 21.5 Å². The lowest BCUT2D eigenvalue weighted by atomic mass is 9.99. The highest BCUT2D eigenvalue weighted by Gasteiger charge is 2.17. The molecule has 3 rings (SSSR count). The molecule has 1 aliphatic heterocycles. The van der Waals surface area contributed by atoms with Crippen molar-refractivity contribution in [2.75, 3.05) is 11.9 Å². The number of fused-ring (bicyclic) bond motifs is 1. The van der Waals surface area contributed by atoms with Crippen LogP contribution >= 0.6 is 0 Å². The standard InChI is InChI=1S/C16H14F2N2O/c17-11-4-5-14(18)12(8-11)16(21)20-15-3-1-2-10-6-7-19-9-13(10)15/h1-5,8,19H,6-7,9H2,(H,20,21). The summed E-state index contributed by atoms with van der Waals surface area (Å²) in [4.78, 5) is 12.1. The number of carbonyl (C=O) groups is 1. The average molecular weight is 288 g/mol. The van der Waals surface area contributed by atoms with Crippen LogP contribution in [0.2, 0.25) is 0 Å². The first-order chi connectivity index (χ1) is 10.1. The molecule has 0 aromatic heterocycles. The first-order valence-corrected chi connectivity index (χ1v) is 6.73. The number of nitrogens with one attached hydrogen (secondary N) is 2. The molecule has 5 heteroatoms. The number of amides is 1. The van der Waals surface area contributed by atoms with Crippen molar-refractivity contribution < 1.29 is 13.6 Å². The Morgan fingerprint density at radius 3 is 2.90 bits per heavy atom. The molecule has 21 heavy (non-hydrogen) atoms. The molecule has 1 heterocycles. The minimum atomic E-state index is -0.739. The summed E-state index contributed by atoms with van der Waals surface area (Å²) in [6.45, 7) is 1.54. The molecule has 2 aromatic carbocycles. The van der Waals surface area contributed by atoms with Crippen LogP contribution in [-0.4, -0.2) is 12.5 Å². The van der Waals surface area contributed by atoms with E-state index in [1.165, 1.54) is 0 Å². The van der Waals surface area contributed by atoms with Gasteiger partial charge in [0.15, 0.2) is 0 Å². The van der Waals surface area contributed by atoms with Crippen molar-refractivity contribution in [2.45, 2.75) is 13.0 Å². The molecule has 0 aliphatic carbocycles. The SMILES string of the molecule is O=C(Nc1cccc2c1CNCC2)c1cc(F)ccc1F. The first-order valence-electron chi connectivity index (χ1n) is 6.73. The van der Waals surface area contributed by atoms with Crippen molar-refractivity contribution in [1.82, 2.24) is 5.32 Å². The molecule has 1 aliphatic rings. The molecule has 0 saturated carbocycles. The van der Waals surface area contributed by atoms with Crippen molar-refractivity contribution in [1.29, 1.82) is 0 Å². The van der Waals surface area contributed by atoms with Gasteiger partial charge in [-0.05, 0) is 48.4 Å². The minimum Gasteiger partial charge on any atom is -0.322 e. The second-order valence-electron chi connectivity index (χ2n) is 4.95. The van der Waals surface area contributed by atoms with Gasteiger partial charge in [-0.3, -0.25) is 4.79 Å². The van der Waals surface area contributed by atoms with Crippen LogP contribution in [0.4, 0.5) is 14.5 Å². The van der Waals surface area contributed by atoms with Crippen LogP contribution in [0.25, 0.3) is 0 Å². The Hall–Kier alpha value is -2.27. The Labute approximate surface area is 121 Å². The highest BCUT2D eigenvalue weighted by Crippen LogP contribution is 2.24. The molecule has 0 fully saturated rings. The molecule has 0 saturated heterocycles. The zero-order valence-corrected chi connectivity index (χ0v) is 11.2. The molecule has 0 unspecified atom stereocenters. The zero-order chi connectivity index (χ0) is 14.8. The van der Waals surface area contributed by atoms with Gasteiger partial charge in [0.05, 0.1) is 5.56 Å². The molecule has 0 spiro atoms. The fourth-order valence-corrected chi connectivity index (χ4v) is 2.49. The van der Waals surface area contributed by atoms with E-state index in [1.807, 2.05) is 12.1 Å². The van der Waals surface area contributed by atoms with Gasteiger partial charge in [-0.25, -0.2) is 8.78 Å². The van der Waals surface area contributed by atoms with Crippen LogP contribution in [0.3, 0.4) is 0 Å². The van der Waals surface area contributed by atoms with Gasteiger partial charge in [-0.1, -0.05) is 12.1 Å². The van der Waals surface area contributed by atoms with E-state index in [9.17, 15) is 13.6 Å². The summed E-state index contributed by atoms with van der Waals surface area (Å²) in [5.41, 5.74) is 2.49. The molecular weight excluding hydrogens is 274 g/mol. The fourth-order valence-electron chi connectivity index (χ4n) is 2.49. The maximum atomic E-state index is 13.6. The predicted molar refractivity (Wildman–Crippen MR) is 76.2 cm³/mol. The van der Waals surface area contributed by atoms with Crippen molar-refractivity contribution in [3.63, 3.8) is 0 Å². The van der Waals surface area contributed by atoms with E-state index in [1.54, 1.807) is 6.07 Å². The lowest BCUT2D eigenvalue weighted by molar-refractivity contribution is 0.102. The Bertz CT molecular complexity index is 701. The van der Waals surface area contributed by atoms with E-state index in [0.717, 1.165) is 42.3 Å². The van der Waals surface area contributed by atoms with E-state index in [4.69, 9.17) is 0 Å². The second kappa shape index (κ2) is 5.61. The summed E-state index contributed by atoms with van der Waals surface area (Å²) >= 11 is 0. The van der Waals surface area contributed by atoms with Gasteiger partial charge < -0.3 is 10.6 Å². The monoisotopic (exact) mass is 288 g/mol. The molecule has 0 atom stereocenters. The first kappa shape index (κ1) is 13.7. The van der Waals surface area contributed by atoms with Gasteiger partial charge in [-0.15, -0.1) is 0 Å². The van der Waals surface area contributed by atoms with E-state index in [-0.39, 0.29) is 5.56 Å². The number of rotatable bonds is 2.